The van der Waals surface area contributed by atoms with E-state index in [1.807, 2.05) is 30.3 Å². The predicted molar refractivity (Wildman–Crippen MR) is 99.9 cm³/mol. The van der Waals surface area contributed by atoms with Crippen LogP contribution in [0.5, 0.6) is 17.2 Å². The van der Waals surface area contributed by atoms with Crippen LogP contribution in [0, 0.1) is 6.92 Å². The largest absolute Gasteiger partial charge is 0.493 e. The third kappa shape index (κ3) is 3.31. The molecular weight excluding hydrogens is 316 g/mol. The molecule has 3 rings (SSSR count). The van der Waals surface area contributed by atoms with Crippen LogP contribution in [0.1, 0.15) is 11.1 Å². The second-order valence-electron chi connectivity index (χ2n) is 5.69. The first-order valence-electron chi connectivity index (χ1n) is 8.06. The Kier molecular flexibility index (Phi) is 4.93. The van der Waals surface area contributed by atoms with Crippen molar-refractivity contribution in [3.63, 3.8) is 0 Å². The highest BCUT2D eigenvalue weighted by Gasteiger charge is 2.15. The zero-order valence-electron chi connectivity index (χ0n) is 14.9. The summed E-state index contributed by atoms with van der Waals surface area (Å²) >= 11 is 0. The molecular formula is C20H22N2O3. The van der Waals surface area contributed by atoms with Gasteiger partial charge in [-0.2, -0.15) is 0 Å². The highest BCUT2D eigenvalue weighted by molar-refractivity contribution is 5.83. The van der Waals surface area contributed by atoms with Crippen molar-refractivity contribution < 1.29 is 14.2 Å². The molecule has 0 amide bonds. The second-order valence-corrected chi connectivity index (χ2v) is 5.69. The van der Waals surface area contributed by atoms with Crippen molar-refractivity contribution in [3.05, 3.63) is 53.6 Å². The quantitative estimate of drug-likeness (QED) is 0.731. The number of nitrogens with one attached hydrogen (secondary N) is 1. The van der Waals surface area contributed by atoms with Crippen molar-refractivity contribution in [2.24, 2.45) is 0 Å². The Morgan fingerprint density at radius 2 is 1.68 bits per heavy atom. The van der Waals surface area contributed by atoms with Crippen molar-refractivity contribution in [1.29, 1.82) is 0 Å². The number of aryl methyl sites for hydroxylation is 1. The number of pyridine rings is 1. The lowest BCUT2D eigenvalue weighted by molar-refractivity contribution is 0.322. The first-order valence-corrected chi connectivity index (χ1v) is 8.06. The number of nitrogens with zero attached hydrogens (tertiary/aromatic N) is 1. The summed E-state index contributed by atoms with van der Waals surface area (Å²) in [6.45, 7) is 2.65. The van der Waals surface area contributed by atoms with Gasteiger partial charge in [0.25, 0.3) is 0 Å². The number of fused-ring (bicyclic) bond motifs is 1. The minimum atomic E-state index is 0.564. The van der Waals surface area contributed by atoms with Gasteiger partial charge in [0.05, 0.1) is 26.8 Å². The molecule has 0 saturated carbocycles. The van der Waals surface area contributed by atoms with Gasteiger partial charge >= 0.3 is 0 Å². The summed E-state index contributed by atoms with van der Waals surface area (Å²) in [7, 11) is 4.84. The Balaban J connectivity index is 1.89. The van der Waals surface area contributed by atoms with Crippen LogP contribution in [0.4, 0.5) is 5.82 Å². The lowest BCUT2D eigenvalue weighted by atomic mass is 10.1. The average Bonchev–Trinajstić information content (AvgIpc) is 2.65. The van der Waals surface area contributed by atoms with E-state index in [2.05, 4.69) is 29.4 Å². The van der Waals surface area contributed by atoms with E-state index in [9.17, 15) is 0 Å². The maximum atomic E-state index is 5.53. The number of aromatic nitrogens is 1. The molecule has 130 valence electrons. The molecule has 0 unspecified atom stereocenters. The molecule has 0 saturated heterocycles. The Labute approximate surface area is 147 Å². The number of anilines is 1. The van der Waals surface area contributed by atoms with Crippen molar-refractivity contribution >= 4 is 16.7 Å². The molecule has 0 aliphatic rings. The Hall–Kier alpha value is -2.95. The maximum absolute atomic E-state index is 5.53. The van der Waals surface area contributed by atoms with Gasteiger partial charge in [0.1, 0.15) is 5.82 Å². The monoisotopic (exact) mass is 338 g/mol. The van der Waals surface area contributed by atoms with Gasteiger partial charge < -0.3 is 19.5 Å². The van der Waals surface area contributed by atoms with E-state index in [-0.39, 0.29) is 0 Å². The summed E-state index contributed by atoms with van der Waals surface area (Å²) in [5.41, 5.74) is 3.13. The van der Waals surface area contributed by atoms with E-state index < -0.39 is 0 Å². The summed E-state index contributed by atoms with van der Waals surface area (Å²) in [4.78, 5) is 4.68. The Morgan fingerprint density at radius 3 is 2.40 bits per heavy atom. The first-order chi connectivity index (χ1) is 12.2. The van der Waals surface area contributed by atoms with Gasteiger partial charge in [0.15, 0.2) is 11.5 Å². The Morgan fingerprint density at radius 1 is 0.920 bits per heavy atom. The normalized spacial score (nSPS) is 10.6. The van der Waals surface area contributed by atoms with Crippen molar-refractivity contribution in [2.75, 3.05) is 26.6 Å². The summed E-state index contributed by atoms with van der Waals surface area (Å²) in [5.74, 6) is 2.72. The van der Waals surface area contributed by atoms with Gasteiger partial charge in [0.2, 0.25) is 5.75 Å². The molecule has 0 aliphatic heterocycles. The number of para-hydroxylation sites is 1. The van der Waals surface area contributed by atoms with Crippen LogP contribution < -0.4 is 19.5 Å². The fourth-order valence-electron chi connectivity index (χ4n) is 2.93. The second kappa shape index (κ2) is 7.30. The van der Waals surface area contributed by atoms with E-state index in [0.29, 0.717) is 23.8 Å². The van der Waals surface area contributed by atoms with Crippen LogP contribution in [0.3, 0.4) is 0 Å². The highest BCUT2D eigenvalue weighted by Crippen LogP contribution is 2.39. The van der Waals surface area contributed by atoms with E-state index in [0.717, 1.165) is 22.3 Å². The topological polar surface area (TPSA) is 52.6 Å². The molecule has 1 heterocycles. The molecule has 5 nitrogen and oxygen atoms in total. The lowest BCUT2D eigenvalue weighted by Crippen LogP contribution is -2.05. The van der Waals surface area contributed by atoms with Gasteiger partial charge in [-0.1, -0.05) is 18.2 Å². The van der Waals surface area contributed by atoms with Crippen molar-refractivity contribution in [1.82, 2.24) is 4.98 Å². The summed E-state index contributed by atoms with van der Waals surface area (Å²) < 4.78 is 16.3. The molecule has 25 heavy (non-hydrogen) atoms. The summed E-state index contributed by atoms with van der Waals surface area (Å²) in [5, 5.41) is 4.53. The molecule has 0 aliphatic carbocycles. The van der Waals surface area contributed by atoms with Gasteiger partial charge in [-0.3, -0.25) is 0 Å². The lowest BCUT2D eigenvalue weighted by Gasteiger charge is -2.16. The maximum Gasteiger partial charge on any atom is 0.203 e. The van der Waals surface area contributed by atoms with Crippen molar-refractivity contribution in [2.45, 2.75) is 13.5 Å². The number of methoxy groups -OCH3 is 3. The van der Waals surface area contributed by atoms with Gasteiger partial charge in [-0.15, -0.1) is 0 Å². The first kappa shape index (κ1) is 16.9. The fourth-order valence-corrected chi connectivity index (χ4v) is 2.93. The molecule has 1 N–H and O–H groups in total. The van der Waals surface area contributed by atoms with Crippen LogP contribution in [-0.4, -0.2) is 26.3 Å². The molecule has 3 aromatic rings. The number of hydrogen-bond donors (Lipinski definition) is 1. The minimum absolute atomic E-state index is 0.564. The SMILES string of the molecule is COc1ccc(CNc2cc(C)c3ccccc3n2)c(OC)c1OC. The van der Waals surface area contributed by atoms with E-state index >= 15 is 0 Å². The summed E-state index contributed by atoms with van der Waals surface area (Å²) in [6.07, 6.45) is 0. The smallest absolute Gasteiger partial charge is 0.203 e. The van der Waals surface area contributed by atoms with Gasteiger partial charge in [0, 0.05) is 17.5 Å². The zero-order chi connectivity index (χ0) is 17.8. The average molecular weight is 338 g/mol. The van der Waals surface area contributed by atoms with Crippen LogP contribution in [0.2, 0.25) is 0 Å². The van der Waals surface area contributed by atoms with E-state index in [1.54, 1.807) is 21.3 Å². The van der Waals surface area contributed by atoms with E-state index in [1.165, 1.54) is 5.56 Å². The molecule has 1 aromatic heterocycles. The van der Waals surface area contributed by atoms with Crippen LogP contribution in [-0.2, 0) is 6.54 Å². The minimum Gasteiger partial charge on any atom is -0.493 e. The third-order valence-corrected chi connectivity index (χ3v) is 4.17. The van der Waals surface area contributed by atoms with Crippen LogP contribution in [0.25, 0.3) is 10.9 Å². The van der Waals surface area contributed by atoms with Gasteiger partial charge in [-0.05, 0) is 36.8 Å². The zero-order valence-corrected chi connectivity index (χ0v) is 14.9. The predicted octanol–water partition coefficient (Wildman–Crippen LogP) is 4.18. The molecule has 5 heteroatoms. The molecule has 0 spiro atoms. The van der Waals surface area contributed by atoms with E-state index in [4.69, 9.17) is 14.2 Å². The molecule has 0 fully saturated rings. The number of ether oxygens (including phenoxy) is 3. The highest BCUT2D eigenvalue weighted by atomic mass is 16.5. The molecule has 0 radical (unpaired) electrons. The number of rotatable bonds is 6. The van der Waals surface area contributed by atoms with Crippen molar-refractivity contribution in [3.8, 4) is 17.2 Å². The number of hydrogen-bond acceptors (Lipinski definition) is 5. The van der Waals surface area contributed by atoms with Crippen LogP contribution >= 0.6 is 0 Å². The third-order valence-electron chi connectivity index (χ3n) is 4.17. The number of benzene rings is 2. The van der Waals surface area contributed by atoms with Gasteiger partial charge in [-0.25, -0.2) is 4.98 Å². The molecule has 0 bridgehead atoms. The fraction of sp³-hybridized carbons (Fsp3) is 0.250. The van der Waals surface area contributed by atoms with Crippen LogP contribution in [0.15, 0.2) is 42.5 Å². The summed E-state index contributed by atoms with van der Waals surface area (Å²) in [6, 6.07) is 14.0. The molecule has 0 atom stereocenters. The molecule has 2 aromatic carbocycles. The standard InChI is InChI=1S/C20H22N2O3/c1-13-11-18(22-16-8-6-5-7-15(13)16)21-12-14-9-10-17(23-2)20(25-4)19(14)24-3/h5-11H,12H2,1-4H3,(H,21,22). The Bertz CT molecular complexity index is 893.